The van der Waals surface area contributed by atoms with Crippen LogP contribution in [0.2, 0.25) is 0 Å². The number of fused-ring (bicyclic) bond motifs is 2. The highest BCUT2D eigenvalue weighted by molar-refractivity contribution is 7.10. The summed E-state index contributed by atoms with van der Waals surface area (Å²) in [5.74, 6) is 0. The van der Waals surface area contributed by atoms with Gasteiger partial charge in [-0.05, 0) is 61.0 Å². The smallest absolute Gasteiger partial charge is 0.0330 e. The van der Waals surface area contributed by atoms with Crippen LogP contribution in [0.3, 0.4) is 0 Å². The molecule has 2 heteroatoms. The van der Waals surface area contributed by atoms with Crippen LogP contribution >= 0.6 is 11.3 Å². The van der Waals surface area contributed by atoms with Crippen LogP contribution in [0.25, 0.3) is 6.08 Å². The molecular formula is C19H21NS. The zero-order valence-corrected chi connectivity index (χ0v) is 13.3. The van der Waals surface area contributed by atoms with E-state index in [1.54, 1.807) is 5.56 Å². The van der Waals surface area contributed by atoms with Crippen molar-refractivity contribution in [2.45, 2.75) is 31.7 Å². The molecule has 2 heterocycles. The zero-order chi connectivity index (χ0) is 14.3. The molecule has 0 radical (unpaired) electrons. The van der Waals surface area contributed by atoms with Gasteiger partial charge < -0.3 is 0 Å². The summed E-state index contributed by atoms with van der Waals surface area (Å²) in [4.78, 5) is 4.16. The van der Waals surface area contributed by atoms with E-state index in [2.05, 4.69) is 59.7 Å². The summed E-state index contributed by atoms with van der Waals surface area (Å²) in [7, 11) is 0. The van der Waals surface area contributed by atoms with Crippen molar-refractivity contribution in [3.05, 3.63) is 63.4 Å². The number of piperidine rings is 1. The first-order valence-corrected chi connectivity index (χ1v) is 8.69. The lowest BCUT2D eigenvalue weighted by atomic mass is 9.74. The van der Waals surface area contributed by atoms with Crippen LogP contribution in [-0.4, -0.2) is 18.0 Å². The number of likely N-dealkylation sites (tertiary alicyclic amines) is 1. The molecule has 1 aromatic carbocycles. The molecule has 108 valence electrons. The Morgan fingerprint density at radius 1 is 1.14 bits per heavy atom. The maximum Gasteiger partial charge on any atom is 0.0330 e. The van der Waals surface area contributed by atoms with E-state index in [-0.39, 0.29) is 0 Å². The van der Waals surface area contributed by atoms with E-state index in [1.807, 2.05) is 11.3 Å². The Balaban J connectivity index is 1.48. The number of allylic oxidation sites excluding steroid dienone is 1. The molecular weight excluding hydrogens is 274 g/mol. The summed E-state index contributed by atoms with van der Waals surface area (Å²) >= 11 is 1.90. The molecule has 1 saturated heterocycles. The fourth-order valence-corrected chi connectivity index (χ4v) is 4.70. The van der Waals surface area contributed by atoms with Gasteiger partial charge >= 0.3 is 0 Å². The average molecular weight is 295 g/mol. The van der Waals surface area contributed by atoms with Gasteiger partial charge in [0.15, 0.2) is 0 Å². The third kappa shape index (κ3) is 2.27. The Morgan fingerprint density at radius 2 is 1.95 bits per heavy atom. The van der Waals surface area contributed by atoms with Crippen molar-refractivity contribution in [2.24, 2.45) is 0 Å². The zero-order valence-electron chi connectivity index (χ0n) is 12.5. The maximum absolute atomic E-state index is 2.62. The topological polar surface area (TPSA) is 3.24 Å². The van der Waals surface area contributed by atoms with Crippen LogP contribution in [-0.2, 0) is 12.0 Å². The van der Waals surface area contributed by atoms with Gasteiger partial charge in [-0.3, -0.25) is 4.90 Å². The molecule has 0 atom stereocenters. The number of rotatable bonds is 2. The number of thiophene rings is 1. The van der Waals surface area contributed by atoms with Crippen molar-refractivity contribution in [1.29, 1.82) is 0 Å². The number of aryl methyl sites for hydroxylation is 1. The van der Waals surface area contributed by atoms with Gasteiger partial charge in [-0.25, -0.2) is 0 Å². The lowest BCUT2D eigenvalue weighted by Gasteiger charge is -2.39. The molecule has 0 unspecified atom stereocenters. The Bertz CT molecular complexity index is 674. The van der Waals surface area contributed by atoms with Crippen molar-refractivity contribution in [3.8, 4) is 0 Å². The molecule has 4 rings (SSSR count). The predicted molar refractivity (Wildman–Crippen MR) is 90.7 cm³/mol. The number of benzene rings is 1. The van der Waals surface area contributed by atoms with Crippen LogP contribution < -0.4 is 0 Å². The lowest BCUT2D eigenvalue weighted by Crippen LogP contribution is -2.40. The molecule has 0 saturated carbocycles. The molecule has 2 aliphatic rings. The lowest BCUT2D eigenvalue weighted by molar-refractivity contribution is 0.178. The molecule has 1 nitrogen and oxygen atoms in total. The van der Waals surface area contributed by atoms with Crippen molar-refractivity contribution < 1.29 is 0 Å². The van der Waals surface area contributed by atoms with Gasteiger partial charge in [-0.2, -0.15) is 0 Å². The minimum Gasteiger partial charge on any atom is -0.298 e. The second-order valence-electron chi connectivity index (χ2n) is 6.38. The summed E-state index contributed by atoms with van der Waals surface area (Å²) < 4.78 is 0. The van der Waals surface area contributed by atoms with Crippen molar-refractivity contribution >= 4 is 17.4 Å². The van der Waals surface area contributed by atoms with Crippen LogP contribution in [0.4, 0.5) is 0 Å². The molecule has 0 bridgehead atoms. The van der Waals surface area contributed by atoms with Crippen molar-refractivity contribution in [2.75, 3.05) is 13.1 Å². The quantitative estimate of drug-likeness (QED) is 0.781. The van der Waals surface area contributed by atoms with Crippen LogP contribution in [0, 0.1) is 6.92 Å². The number of nitrogens with zero attached hydrogens (tertiary/aromatic N) is 1. The van der Waals surface area contributed by atoms with Crippen LogP contribution in [0.5, 0.6) is 0 Å². The van der Waals surface area contributed by atoms with Gasteiger partial charge in [0.2, 0.25) is 0 Å². The van der Waals surface area contributed by atoms with E-state index in [4.69, 9.17) is 0 Å². The average Bonchev–Trinajstić information content (AvgIpc) is 3.08. The second-order valence-corrected chi connectivity index (χ2v) is 7.38. The third-order valence-corrected chi connectivity index (χ3v) is 6.17. The predicted octanol–water partition coefficient (Wildman–Crippen LogP) is 4.62. The Kier molecular flexibility index (Phi) is 3.24. The van der Waals surface area contributed by atoms with Crippen molar-refractivity contribution in [3.63, 3.8) is 0 Å². The maximum atomic E-state index is 2.62. The fourth-order valence-electron chi connectivity index (χ4n) is 3.75. The Labute approximate surface area is 130 Å². The Morgan fingerprint density at radius 3 is 2.71 bits per heavy atom. The number of hydrogen-bond donors (Lipinski definition) is 0. The number of hydrogen-bond acceptors (Lipinski definition) is 2. The summed E-state index contributed by atoms with van der Waals surface area (Å²) in [5, 5.41) is 2.21. The first-order valence-electron chi connectivity index (χ1n) is 7.81. The minimum atomic E-state index is 0.317. The molecule has 21 heavy (non-hydrogen) atoms. The highest BCUT2D eigenvalue weighted by Gasteiger charge is 2.37. The van der Waals surface area contributed by atoms with Gasteiger partial charge in [0.05, 0.1) is 0 Å². The third-order valence-electron chi connectivity index (χ3n) is 5.16. The second kappa shape index (κ2) is 5.11. The Hall–Kier alpha value is -1.38. The van der Waals surface area contributed by atoms with E-state index in [9.17, 15) is 0 Å². The summed E-state index contributed by atoms with van der Waals surface area (Å²) in [6.07, 6.45) is 7.30. The van der Waals surface area contributed by atoms with Crippen LogP contribution in [0.1, 0.15) is 34.4 Å². The normalized spacial score (nSPS) is 20.0. The van der Waals surface area contributed by atoms with Gasteiger partial charge in [0, 0.05) is 16.8 Å². The van der Waals surface area contributed by atoms with Gasteiger partial charge in [-0.1, -0.05) is 36.4 Å². The molecule has 0 N–H and O–H groups in total. The largest absolute Gasteiger partial charge is 0.298 e. The van der Waals surface area contributed by atoms with Crippen LogP contribution in [0.15, 0.2) is 41.8 Å². The van der Waals surface area contributed by atoms with E-state index < -0.39 is 0 Å². The van der Waals surface area contributed by atoms with E-state index in [0.717, 1.165) is 6.54 Å². The molecule has 2 aromatic rings. The summed E-state index contributed by atoms with van der Waals surface area (Å²) in [5.41, 5.74) is 4.75. The molecule has 1 spiro atoms. The van der Waals surface area contributed by atoms with E-state index in [1.165, 1.54) is 41.9 Å². The molecule has 1 fully saturated rings. The van der Waals surface area contributed by atoms with Gasteiger partial charge in [0.25, 0.3) is 0 Å². The monoisotopic (exact) mass is 295 g/mol. The summed E-state index contributed by atoms with van der Waals surface area (Å²) in [6, 6.07) is 11.2. The standard InChI is InChI=1S/C19H21NS/c1-15-7-13-21-18(15)14-20-11-9-19(10-12-20)8-6-16-4-2-3-5-17(16)19/h2-8,13H,9-12,14H2,1H3. The van der Waals surface area contributed by atoms with Gasteiger partial charge in [0.1, 0.15) is 0 Å². The van der Waals surface area contributed by atoms with E-state index >= 15 is 0 Å². The minimum absolute atomic E-state index is 0.317. The molecule has 0 amide bonds. The molecule has 1 aliphatic carbocycles. The fraction of sp³-hybridized carbons (Fsp3) is 0.368. The molecule has 1 aliphatic heterocycles. The SMILES string of the molecule is Cc1ccsc1CN1CCC2(C=Cc3ccccc32)CC1. The highest BCUT2D eigenvalue weighted by atomic mass is 32.1. The summed E-state index contributed by atoms with van der Waals surface area (Å²) in [6.45, 7) is 5.77. The van der Waals surface area contributed by atoms with Crippen molar-refractivity contribution in [1.82, 2.24) is 4.90 Å². The highest BCUT2D eigenvalue weighted by Crippen LogP contribution is 2.43. The first kappa shape index (κ1) is 13.3. The molecule has 1 aromatic heterocycles. The van der Waals surface area contributed by atoms with Gasteiger partial charge in [-0.15, -0.1) is 11.3 Å². The van der Waals surface area contributed by atoms with E-state index in [0.29, 0.717) is 5.41 Å². The first-order chi connectivity index (χ1) is 10.3.